The predicted octanol–water partition coefficient (Wildman–Crippen LogP) is 3.33. The number of carbonyl (C=O) groups is 1. The molecular formula is C21H23F2NO3. The SMILES string of the molecule is O=C(Cc1ccccc1F)N1CCCC(O)(COc2ccc(F)cc2)CC1. The second-order valence-electron chi connectivity index (χ2n) is 6.97. The van der Waals surface area contributed by atoms with Gasteiger partial charge in [0.25, 0.3) is 0 Å². The summed E-state index contributed by atoms with van der Waals surface area (Å²) in [6, 6.07) is 11.9. The number of amides is 1. The van der Waals surface area contributed by atoms with Gasteiger partial charge in [0.15, 0.2) is 0 Å². The van der Waals surface area contributed by atoms with Gasteiger partial charge in [-0.15, -0.1) is 0 Å². The molecule has 1 aliphatic rings. The molecule has 6 heteroatoms. The van der Waals surface area contributed by atoms with Gasteiger partial charge in [0, 0.05) is 13.1 Å². The average Bonchev–Trinajstić information content (AvgIpc) is 2.85. The van der Waals surface area contributed by atoms with Crippen LogP contribution in [0.1, 0.15) is 24.8 Å². The minimum Gasteiger partial charge on any atom is -0.491 e. The Hall–Kier alpha value is -2.47. The van der Waals surface area contributed by atoms with Gasteiger partial charge in [0.1, 0.15) is 29.6 Å². The number of benzene rings is 2. The van der Waals surface area contributed by atoms with Gasteiger partial charge in [-0.1, -0.05) is 18.2 Å². The Balaban J connectivity index is 1.55. The molecule has 1 saturated heterocycles. The summed E-state index contributed by atoms with van der Waals surface area (Å²) in [5.41, 5.74) is -0.678. The number of halogens is 2. The molecule has 144 valence electrons. The van der Waals surface area contributed by atoms with E-state index in [1.807, 2.05) is 0 Å². The maximum Gasteiger partial charge on any atom is 0.227 e. The molecule has 1 unspecified atom stereocenters. The molecule has 0 aromatic heterocycles. The molecule has 2 aromatic rings. The van der Waals surface area contributed by atoms with E-state index >= 15 is 0 Å². The number of carbonyl (C=O) groups excluding carboxylic acids is 1. The van der Waals surface area contributed by atoms with Crippen LogP contribution >= 0.6 is 0 Å². The van der Waals surface area contributed by atoms with Crippen molar-refractivity contribution in [3.8, 4) is 5.75 Å². The molecule has 27 heavy (non-hydrogen) atoms. The maximum absolute atomic E-state index is 13.8. The third-order valence-electron chi connectivity index (χ3n) is 4.89. The van der Waals surface area contributed by atoms with Crippen molar-refractivity contribution in [1.29, 1.82) is 0 Å². The fraction of sp³-hybridized carbons (Fsp3) is 0.381. The Bertz CT molecular complexity index is 781. The second-order valence-corrected chi connectivity index (χ2v) is 6.97. The topological polar surface area (TPSA) is 49.8 Å². The molecule has 1 aliphatic heterocycles. The second kappa shape index (κ2) is 8.48. The molecule has 0 spiro atoms. The summed E-state index contributed by atoms with van der Waals surface area (Å²) in [6.07, 6.45) is 1.51. The summed E-state index contributed by atoms with van der Waals surface area (Å²) in [5.74, 6) is -0.394. The smallest absolute Gasteiger partial charge is 0.227 e. The maximum atomic E-state index is 13.8. The van der Waals surface area contributed by atoms with Crippen molar-refractivity contribution in [3.63, 3.8) is 0 Å². The first-order chi connectivity index (χ1) is 13.0. The lowest BCUT2D eigenvalue weighted by atomic mass is 9.96. The van der Waals surface area contributed by atoms with Crippen molar-refractivity contribution in [1.82, 2.24) is 4.90 Å². The van der Waals surface area contributed by atoms with Crippen LogP contribution in [0.5, 0.6) is 5.75 Å². The van der Waals surface area contributed by atoms with Crippen LogP contribution in [0, 0.1) is 11.6 Å². The predicted molar refractivity (Wildman–Crippen MR) is 97.4 cm³/mol. The van der Waals surface area contributed by atoms with Gasteiger partial charge in [0.2, 0.25) is 5.91 Å². The molecule has 1 heterocycles. The fourth-order valence-corrected chi connectivity index (χ4v) is 3.24. The first-order valence-electron chi connectivity index (χ1n) is 9.07. The molecule has 4 nitrogen and oxygen atoms in total. The van der Waals surface area contributed by atoms with Gasteiger partial charge in [-0.25, -0.2) is 8.78 Å². The highest BCUT2D eigenvalue weighted by atomic mass is 19.1. The van der Waals surface area contributed by atoms with E-state index in [9.17, 15) is 18.7 Å². The molecule has 1 N–H and O–H groups in total. The molecule has 0 aliphatic carbocycles. The quantitative estimate of drug-likeness (QED) is 0.872. The summed E-state index contributed by atoms with van der Waals surface area (Å²) in [4.78, 5) is 14.2. The zero-order chi connectivity index (χ0) is 19.3. The van der Waals surface area contributed by atoms with Gasteiger partial charge in [-0.2, -0.15) is 0 Å². The Kier molecular flexibility index (Phi) is 6.06. The number of aliphatic hydroxyl groups is 1. The summed E-state index contributed by atoms with van der Waals surface area (Å²) >= 11 is 0. The number of hydrogen-bond donors (Lipinski definition) is 1. The van der Waals surface area contributed by atoms with Gasteiger partial charge in [0.05, 0.1) is 6.42 Å². The number of nitrogens with zero attached hydrogens (tertiary/aromatic N) is 1. The Morgan fingerprint density at radius 2 is 1.81 bits per heavy atom. The minimum absolute atomic E-state index is 0.0111. The van der Waals surface area contributed by atoms with Crippen LogP contribution in [0.15, 0.2) is 48.5 Å². The number of likely N-dealkylation sites (tertiary alicyclic amines) is 1. The molecule has 0 saturated carbocycles. The van der Waals surface area contributed by atoms with E-state index < -0.39 is 5.60 Å². The average molecular weight is 375 g/mol. The molecule has 1 amide bonds. The van der Waals surface area contributed by atoms with Crippen LogP contribution in [-0.4, -0.2) is 41.2 Å². The lowest BCUT2D eigenvalue weighted by Gasteiger charge is -2.27. The zero-order valence-electron chi connectivity index (χ0n) is 15.0. The largest absolute Gasteiger partial charge is 0.491 e. The van der Waals surface area contributed by atoms with Gasteiger partial charge in [-0.3, -0.25) is 4.79 Å². The first-order valence-corrected chi connectivity index (χ1v) is 9.07. The Morgan fingerprint density at radius 3 is 2.56 bits per heavy atom. The first kappa shape index (κ1) is 19.3. The van der Waals surface area contributed by atoms with Crippen LogP contribution in [0.3, 0.4) is 0 Å². The van der Waals surface area contributed by atoms with E-state index in [1.165, 1.54) is 30.3 Å². The summed E-state index contributed by atoms with van der Waals surface area (Å²) < 4.78 is 32.3. The van der Waals surface area contributed by atoms with Crippen molar-refractivity contribution in [2.75, 3.05) is 19.7 Å². The number of rotatable bonds is 5. The lowest BCUT2D eigenvalue weighted by Crippen LogP contribution is -2.38. The van der Waals surface area contributed by atoms with Crippen LogP contribution < -0.4 is 4.74 Å². The third-order valence-corrected chi connectivity index (χ3v) is 4.89. The molecule has 0 bridgehead atoms. The van der Waals surface area contributed by atoms with Gasteiger partial charge in [-0.05, 0) is 55.2 Å². The molecule has 0 radical (unpaired) electrons. The van der Waals surface area contributed by atoms with Crippen LogP contribution in [-0.2, 0) is 11.2 Å². The van der Waals surface area contributed by atoms with E-state index in [1.54, 1.807) is 23.1 Å². The zero-order valence-corrected chi connectivity index (χ0v) is 15.0. The summed E-state index contributed by atoms with van der Waals surface area (Å²) in [7, 11) is 0. The minimum atomic E-state index is -1.05. The molecule has 3 rings (SSSR count). The Labute approximate surface area is 157 Å². The lowest BCUT2D eigenvalue weighted by molar-refractivity contribution is -0.130. The fourth-order valence-electron chi connectivity index (χ4n) is 3.24. The van der Waals surface area contributed by atoms with Gasteiger partial charge < -0.3 is 14.7 Å². The Morgan fingerprint density at radius 1 is 1.07 bits per heavy atom. The third kappa shape index (κ3) is 5.26. The number of ether oxygens (including phenoxy) is 1. The van der Waals surface area contributed by atoms with E-state index in [-0.39, 0.29) is 30.6 Å². The van der Waals surface area contributed by atoms with Crippen molar-refractivity contribution in [2.24, 2.45) is 0 Å². The monoisotopic (exact) mass is 375 g/mol. The van der Waals surface area contributed by atoms with Crippen LogP contribution in [0.4, 0.5) is 8.78 Å². The van der Waals surface area contributed by atoms with Crippen molar-refractivity contribution < 1.29 is 23.4 Å². The highest BCUT2D eigenvalue weighted by Crippen LogP contribution is 2.25. The van der Waals surface area contributed by atoms with Crippen LogP contribution in [0.2, 0.25) is 0 Å². The number of hydrogen-bond acceptors (Lipinski definition) is 3. The molecular weight excluding hydrogens is 352 g/mol. The molecule has 1 fully saturated rings. The molecule has 1 atom stereocenters. The van der Waals surface area contributed by atoms with E-state index in [4.69, 9.17) is 4.74 Å². The highest BCUT2D eigenvalue weighted by molar-refractivity contribution is 5.78. The summed E-state index contributed by atoms with van der Waals surface area (Å²) in [6.45, 7) is 0.983. The standard InChI is InChI=1S/C21H23F2NO3/c22-17-6-8-18(9-7-17)27-15-21(26)10-3-12-24(13-11-21)20(25)14-16-4-1-2-5-19(16)23/h1-2,4-9,26H,3,10-15H2. The van der Waals surface area contributed by atoms with Crippen molar-refractivity contribution in [3.05, 3.63) is 65.7 Å². The normalized spacial score (nSPS) is 20.2. The van der Waals surface area contributed by atoms with Crippen LogP contribution in [0.25, 0.3) is 0 Å². The van der Waals surface area contributed by atoms with E-state index in [0.29, 0.717) is 43.7 Å². The van der Waals surface area contributed by atoms with Gasteiger partial charge >= 0.3 is 0 Å². The highest BCUT2D eigenvalue weighted by Gasteiger charge is 2.32. The summed E-state index contributed by atoms with van der Waals surface area (Å²) in [5, 5.41) is 10.8. The van der Waals surface area contributed by atoms with E-state index in [0.717, 1.165) is 0 Å². The van der Waals surface area contributed by atoms with Crippen molar-refractivity contribution >= 4 is 5.91 Å². The van der Waals surface area contributed by atoms with Crippen molar-refractivity contribution in [2.45, 2.75) is 31.3 Å². The molecule has 2 aromatic carbocycles. The van der Waals surface area contributed by atoms with E-state index in [2.05, 4.69) is 0 Å².